The quantitative estimate of drug-likeness (QED) is 0.663. The Morgan fingerprint density at radius 3 is 2.00 bits per heavy atom. The minimum absolute atomic E-state index is 0. The lowest BCUT2D eigenvalue weighted by Gasteiger charge is -2.23. The molecule has 0 radical (unpaired) electrons. The lowest BCUT2D eigenvalue weighted by Crippen LogP contribution is -2.41. The third-order valence-corrected chi connectivity index (χ3v) is 1.24. The molecule has 2 nitrogen and oxygen atoms in total. The van der Waals surface area contributed by atoms with Crippen LogP contribution in [0.4, 0.5) is 0 Å². The third-order valence-electron chi connectivity index (χ3n) is 1.24. The molecule has 10 heavy (non-hydrogen) atoms. The van der Waals surface area contributed by atoms with Crippen molar-refractivity contribution in [1.82, 2.24) is 0 Å². The summed E-state index contributed by atoms with van der Waals surface area (Å²) in [5, 5.41) is 8.72. The average molecular weight is 168 g/mol. The van der Waals surface area contributed by atoms with Crippen molar-refractivity contribution in [1.29, 1.82) is 0 Å². The fourth-order valence-corrected chi connectivity index (χ4v) is 0.997. The maximum absolute atomic E-state index is 8.72. The zero-order valence-electron chi connectivity index (χ0n) is 6.92. The molecular formula is C7H18ClNO. The summed E-state index contributed by atoms with van der Waals surface area (Å²) in [6.45, 7) is 6.14. The Bertz CT molecular complexity index is 83.7. The van der Waals surface area contributed by atoms with E-state index in [4.69, 9.17) is 10.8 Å². The fraction of sp³-hybridized carbons (Fsp3) is 1.00. The van der Waals surface area contributed by atoms with Gasteiger partial charge in [0.05, 0.1) is 6.61 Å². The predicted molar refractivity (Wildman–Crippen MR) is 46.4 cm³/mol. The molecule has 0 aromatic carbocycles. The molecule has 3 N–H and O–H groups in total. The number of aliphatic hydroxyl groups excluding tert-OH is 1. The van der Waals surface area contributed by atoms with Crippen molar-refractivity contribution >= 4 is 12.4 Å². The molecule has 0 bridgehead atoms. The smallest absolute Gasteiger partial charge is 0.0608 e. The maximum Gasteiger partial charge on any atom is 0.0608 e. The van der Waals surface area contributed by atoms with Gasteiger partial charge in [0.2, 0.25) is 0 Å². The molecule has 0 saturated carbocycles. The standard InChI is InChI=1S/C7H17NO.ClH/c1-6(2)4-7(3,8)5-9;/h6,9H,4-5,8H2,1-3H3;1H/t7-;/m0./s1. The Hall–Kier alpha value is 0.210. The van der Waals surface area contributed by atoms with Crippen LogP contribution in [0, 0.1) is 5.92 Å². The normalized spacial score (nSPS) is 16.2. The van der Waals surface area contributed by atoms with Gasteiger partial charge in [-0.05, 0) is 19.3 Å². The number of aliphatic hydroxyl groups is 1. The first kappa shape index (κ1) is 12.8. The highest BCUT2D eigenvalue weighted by atomic mass is 35.5. The van der Waals surface area contributed by atoms with Gasteiger partial charge in [-0.1, -0.05) is 13.8 Å². The molecule has 0 aliphatic rings. The lowest BCUT2D eigenvalue weighted by molar-refractivity contribution is 0.187. The van der Waals surface area contributed by atoms with E-state index in [1.54, 1.807) is 0 Å². The van der Waals surface area contributed by atoms with Gasteiger partial charge in [-0.3, -0.25) is 0 Å². The van der Waals surface area contributed by atoms with Crippen LogP contribution in [0.2, 0.25) is 0 Å². The molecule has 0 saturated heterocycles. The van der Waals surface area contributed by atoms with Crippen molar-refractivity contribution in [2.24, 2.45) is 11.7 Å². The van der Waals surface area contributed by atoms with Crippen LogP contribution in [-0.4, -0.2) is 17.3 Å². The Labute approximate surface area is 69.2 Å². The molecule has 0 amide bonds. The van der Waals surface area contributed by atoms with Gasteiger partial charge in [0.25, 0.3) is 0 Å². The molecule has 0 aromatic heterocycles. The zero-order chi connectivity index (χ0) is 7.49. The van der Waals surface area contributed by atoms with E-state index in [0.717, 1.165) is 6.42 Å². The monoisotopic (exact) mass is 167 g/mol. The summed E-state index contributed by atoms with van der Waals surface area (Å²) in [5.41, 5.74) is 5.29. The lowest BCUT2D eigenvalue weighted by atomic mass is 9.93. The van der Waals surface area contributed by atoms with E-state index in [-0.39, 0.29) is 24.6 Å². The van der Waals surface area contributed by atoms with Crippen LogP contribution in [0.1, 0.15) is 27.2 Å². The summed E-state index contributed by atoms with van der Waals surface area (Å²) in [6.07, 6.45) is 0.878. The number of rotatable bonds is 3. The van der Waals surface area contributed by atoms with Gasteiger partial charge in [0.1, 0.15) is 0 Å². The minimum Gasteiger partial charge on any atom is -0.394 e. The van der Waals surface area contributed by atoms with Gasteiger partial charge in [-0.15, -0.1) is 12.4 Å². The molecular weight excluding hydrogens is 150 g/mol. The van der Waals surface area contributed by atoms with E-state index in [1.165, 1.54) is 0 Å². The molecule has 0 rings (SSSR count). The first-order valence-electron chi connectivity index (χ1n) is 3.37. The van der Waals surface area contributed by atoms with Crippen LogP contribution in [0.5, 0.6) is 0 Å². The summed E-state index contributed by atoms with van der Waals surface area (Å²) >= 11 is 0. The second-order valence-electron chi connectivity index (χ2n) is 3.41. The molecule has 0 aliphatic carbocycles. The Kier molecular flexibility index (Phi) is 6.35. The second-order valence-corrected chi connectivity index (χ2v) is 3.41. The third kappa shape index (κ3) is 6.33. The Morgan fingerprint density at radius 2 is 1.90 bits per heavy atom. The molecule has 0 aliphatic heterocycles. The van der Waals surface area contributed by atoms with E-state index in [2.05, 4.69) is 13.8 Å². The van der Waals surface area contributed by atoms with E-state index in [9.17, 15) is 0 Å². The van der Waals surface area contributed by atoms with E-state index >= 15 is 0 Å². The number of halogens is 1. The topological polar surface area (TPSA) is 46.2 Å². The van der Waals surface area contributed by atoms with Crippen LogP contribution in [0.3, 0.4) is 0 Å². The van der Waals surface area contributed by atoms with Crippen molar-refractivity contribution in [2.75, 3.05) is 6.61 Å². The summed E-state index contributed by atoms with van der Waals surface area (Å²) in [5.74, 6) is 0.562. The molecule has 1 atom stereocenters. The summed E-state index contributed by atoms with van der Waals surface area (Å²) in [7, 11) is 0. The largest absolute Gasteiger partial charge is 0.394 e. The van der Waals surface area contributed by atoms with Crippen molar-refractivity contribution in [3.63, 3.8) is 0 Å². The van der Waals surface area contributed by atoms with Crippen molar-refractivity contribution < 1.29 is 5.11 Å². The first-order valence-corrected chi connectivity index (χ1v) is 3.37. The molecule has 0 heterocycles. The van der Waals surface area contributed by atoms with Gasteiger partial charge < -0.3 is 10.8 Å². The van der Waals surface area contributed by atoms with Crippen molar-refractivity contribution in [3.8, 4) is 0 Å². The molecule has 0 aromatic rings. The predicted octanol–water partition coefficient (Wildman–Crippen LogP) is 1.16. The molecule has 3 heteroatoms. The highest BCUT2D eigenvalue weighted by molar-refractivity contribution is 5.85. The number of nitrogens with two attached hydrogens (primary N) is 1. The summed E-state index contributed by atoms with van der Waals surface area (Å²) < 4.78 is 0. The molecule has 0 spiro atoms. The molecule has 0 unspecified atom stereocenters. The number of hydrogen-bond donors (Lipinski definition) is 2. The van der Waals surface area contributed by atoms with Crippen LogP contribution in [0.25, 0.3) is 0 Å². The van der Waals surface area contributed by atoms with Crippen molar-refractivity contribution in [2.45, 2.75) is 32.7 Å². The average Bonchev–Trinajstić information content (AvgIpc) is 1.63. The number of hydrogen-bond acceptors (Lipinski definition) is 2. The minimum atomic E-state index is -0.381. The van der Waals surface area contributed by atoms with Crippen LogP contribution >= 0.6 is 12.4 Å². The molecule has 0 fully saturated rings. The highest BCUT2D eigenvalue weighted by Gasteiger charge is 2.17. The Balaban J connectivity index is 0. The van der Waals surface area contributed by atoms with Gasteiger partial charge >= 0.3 is 0 Å². The first-order chi connectivity index (χ1) is 3.98. The van der Waals surface area contributed by atoms with Gasteiger partial charge in [-0.2, -0.15) is 0 Å². The van der Waals surface area contributed by atoms with Gasteiger partial charge in [0.15, 0.2) is 0 Å². The summed E-state index contributed by atoms with van der Waals surface area (Å²) in [6, 6.07) is 0. The van der Waals surface area contributed by atoms with E-state index < -0.39 is 0 Å². The SMILES string of the molecule is CC(C)C[C@](C)(N)CO.Cl. The van der Waals surface area contributed by atoms with Crippen molar-refractivity contribution in [3.05, 3.63) is 0 Å². The van der Waals surface area contributed by atoms with Crippen LogP contribution in [-0.2, 0) is 0 Å². The maximum atomic E-state index is 8.72. The second kappa shape index (κ2) is 4.94. The molecule has 64 valence electrons. The van der Waals surface area contributed by atoms with Crippen LogP contribution in [0.15, 0.2) is 0 Å². The van der Waals surface area contributed by atoms with Crippen LogP contribution < -0.4 is 5.73 Å². The summed E-state index contributed by atoms with van der Waals surface area (Å²) in [4.78, 5) is 0. The van der Waals surface area contributed by atoms with Gasteiger partial charge in [0, 0.05) is 5.54 Å². The van der Waals surface area contributed by atoms with E-state index in [0.29, 0.717) is 5.92 Å². The zero-order valence-corrected chi connectivity index (χ0v) is 7.74. The Morgan fingerprint density at radius 1 is 1.50 bits per heavy atom. The van der Waals surface area contributed by atoms with E-state index in [1.807, 2.05) is 6.92 Å². The highest BCUT2D eigenvalue weighted by Crippen LogP contribution is 2.11. The van der Waals surface area contributed by atoms with Gasteiger partial charge in [-0.25, -0.2) is 0 Å². The fourth-order valence-electron chi connectivity index (χ4n) is 0.997.